The van der Waals surface area contributed by atoms with Crippen LogP contribution in [0.5, 0.6) is 0 Å². The number of halogens is 1. The Morgan fingerprint density at radius 1 is 1.20 bits per heavy atom. The molecule has 20 heavy (non-hydrogen) atoms. The largest absolute Gasteiger partial charge is 0.291 e. The van der Waals surface area contributed by atoms with E-state index >= 15 is 0 Å². The van der Waals surface area contributed by atoms with Crippen LogP contribution in [0.4, 0.5) is 0 Å². The van der Waals surface area contributed by atoms with Crippen molar-refractivity contribution in [3.05, 3.63) is 68.0 Å². The summed E-state index contributed by atoms with van der Waals surface area (Å²) in [5.74, 6) is 0.711. The van der Waals surface area contributed by atoms with Crippen LogP contribution in [0.15, 0.2) is 47.5 Å². The second kappa shape index (κ2) is 5.32. The van der Waals surface area contributed by atoms with E-state index in [4.69, 9.17) is 0 Å². The average Bonchev–Trinajstić information content (AvgIpc) is 2.48. The first-order valence-corrected chi connectivity index (χ1v) is 7.29. The van der Waals surface area contributed by atoms with Gasteiger partial charge in [0.2, 0.25) is 0 Å². The van der Waals surface area contributed by atoms with Crippen LogP contribution >= 0.6 is 22.6 Å². The van der Waals surface area contributed by atoms with E-state index in [-0.39, 0.29) is 5.56 Å². The molecule has 1 aromatic carbocycles. The molecule has 3 aromatic rings. The molecule has 0 spiro atoms. The summed E-state index contributed by atoms with van der Waals surface area (Å²) in [6.45, 7) is 2.33. The molecule has 3 rings (SSSR count). The minimum atomic E-state index is -0.00830. The SMILES string of the molecule is Cc1ncc(I)c(=O)n1Cc1cccc2cccnc12. The molecule has 0 unspecified atom stereocenters. The van der Waals surface area contributed by atoms with Crippen molar-refractivity contribution in [3.63, 3.8) is 0 Å². The highest BCUT2D eigenvalue weighted by Crippen LogP contribution is 2.16. The lowest BCUT2D eigenvalue weighted by molar-refractivity contribution is 0.697. The van der Waals surface area contributed by atoms with Gasteiger partial charge in [-0.2, -0.15) is 0 Å². The van der Waals surface area contributed by atoms with Gasteiger partial charge in [-0.1, -0.05) is 24.3 Å². The highest BCUT2D eigenvalue weighted by molar-refractivity contribution is 14.1. The predicted octanol–water partition coefficient (Wildman–Crippen LogP) is 2.75. The van der Waals surface area contributed by atoms with Crippen molar-refractivity contribution >= 4 is 33.5 Å². The molecule has 0 atom stereocenters. The fourth-order valence-corrected chi connectivity index (χ4v) is 2.63. The summed E-state index contributed by atoms with van der Waals surface area (Å²) < 4.78 is 2.31. The molecule has 0 aliphatic carbocycles. The second-order valence-electron chi connectivity index (χ2n) is 4.54. The van der Waals surface area contributed by atoms with Crippen molar-refractivity contribution in [1.82, 2.24) is 14.5 Å². The molecule has 4 nitrogen and oxygen atoms in total. The first kappa shape index (κ1) is 13.2. The van der Waals surface area contributed by atoms with Crippen LogP contribution in [0.1, 0.15) is 11.4 Å². The van der Waals surface area contributed by atoms with E-state index in [1.54, 1.807) is 17.0 Å². The molecule has 0 amide bonds. The van der Waals surface area contributed by atoms with Crippen LogP contribution in [0, 0.1) is 10.5 Å². The van der Waals surface area contributed by atoms with Crippen molar-refractivity contribution in [3.8, 4) is 0 Å². The molecule has 2 heterocycles. The van der Waals surface area contributed by atoms with Gasteiger partial charge in [-0.05, 0) is 41.1 Å². The Kier molecular flexibility index (Phi) is 3.52. The molecule has 0 bridgehead atoms. The van der Waals surface area contributed by atoms with E-state index in [9.17, 15) is 4.79 Å². The predicted molar refractivity (Wildman–Crippen MR) is 86.8 cm³/mol. The van der Waals surface area contributed by atoms with Gasteiger partial charge in [0.1, 0.15) is 5.82 Å². The zero-order valence-electron chi connectivity index (χ0n) is 10.9. The lowest BCUT2D eigenvalue weighted by Crippen LogP contribution is -2.26. The Labute approximate surface area is 129 Å². The van der Waals surface area contributed by atoms with Crippen LogP contribution in [0.2, 0.25) is 0 Å². The number of para-hydroxylation sites is 1. The van der Waals surface area contributed by atoms with Crippen LogP contribution in [0.25, 0.3) is 10.9 Å². The number of rotatable bonds is 2. The van der Waals surface area contributed by atoms with E-state index in [1.165, 1.54) is 0 Å². The second-order valence-corrected chi connectivity index (χ2v) is 5.70. The number of pyridine rings is 1. The third-order valence-corrected chi connectivity index (χ3v) is 3.99. The molecule has 0 fully saturated rings. The zero-order valence-corrected chi connectivity index (χ0v) is 13.0. The monoisotopic (exact) mass is 377 g/mol. The zero-order chi connectivity index (χ0) is 14.1. The maximum absolute atomic E-state index is 12.2. The number of aromatic nitrogens is 3. The minimum absolute atomic E-state index is 0.00830. The highest BCUT2D eigenvalue weighted by Gasteiger charge is 2.08. The molecule has 100 valence electrons. The molecule has 0 N–H and O–H groups in total. The number of benzene rings is 1. The van der Waals surface area contributed by atoms with Gasteiger partial charge < -0.3 is 0 Å². The summed E-state index contributed by atoms with van der Waals surface area (Å²) in [6, 6.07) is 9.95. The molecular weight excluding hydrogens is 365 g/mol. The third-order valence-electron chi connectivity index (χ3n) is 3.25. The quantitative estimate of drug-likeness (QED) is 0.646. The first-order valence-electron chi connectivity index (χ1n) is 6.21. The molecule has 2 aromatic heterocycles. The summed E-state index contributed by atoms with van der Waals surface area (Å²) in [6.07, 6.45) is 3.38. The highest BCUT2D eigenvalue weighted by atomic mass is 127. The van der Waals surface area contributed by atoms with Crippen molar-refractivity contribution in [2.75, 3.05) is 0 Å². The fraction of sp³-hybridized carbons (Fsp3) is 0.133. The average molecular weight is 377 g/mol. The Hall–Kier alpha value is -1.76. The van der Waals surface area contributed by atoms with Gasteiger partial charge in [0.25, 0.3) is 5.56 Å². The molecule has 0 radical (unpaired) electrons. The molecule has 5 heteroatoms. The standard InChI is InChI=1S/C15H12IN3O/c1-10-18-8-13(16)15(20)19(10)9-12-5-2-4-11-6-3-7-17-14(11)12/h2-8H,9H2,1H3. The van der Waals surface area contributed by atoms with Gasteiger partial charge in [-0.15, -0.1) is 0 Å². The van der Waals surface area contributed by atoms with E-state index in [0.29, 0.717) is 15.9 Å². The maximum atomic E-state index is 12.2. The maximum Gasteiger partial charge on any atom is 0.267 e. The molecule has 0 saturated heterocycles. The van der Waals surface area contributed by atoms with Crippen molar-refractivity contribution in [2.45, 2.75) is 13.5 Å². The van der Waals surface area contributed by atoms with Crippen LogP contribution in [-0.2, 0) is 6.54 Å². The van der Waals surface area contributed by atoms with E-state index in [2.05, 4.69) is 9.97 Å². The lowest BCUT2D eigenvalue weighted by atomic mass is 10.1. The number of aryl methyl sites for hydroxylation is 1. The van der Waals surface area contributed by atoms with Crippen molar-refractivity contribution in [1.29, 1.82) is 0 Å². The van der Waals surface area contributed by atoms with Crippen LogP contribution in [0.3, 0.4) is 0 Å². The smallest absolute Gasteiger partial charge is 0.267 e. The van der Waals surface area contributed by atoms with Gasteiger partial charge >= 0.3 is 0 Å². The Balaban J connectivity index is 2.15. The Bertz CT molecular complexity index is 837. The summed E-state index contributed by atoms with van der Waals surface area (Å²) in [4.78, 5) is 20.9. The van der Waals surface area contributed by atoms with Gasteiger partial charge in [-0.3, -0.25) is 14.3 Å². The Morgan fingerprint density at radius 3 is 2.85 bits per heavy atom. The summed E-state index contributed by atoms with van der Waals surface area (Å²) in [5.41, 5.74) is 1.95. The third kappa shape index (κ3) is 2.33. The summed E-state index contributed by atoms with van der Waals surface area (Å²) >= 11 is 2.02. The van der Waals surface area contributed by atoms with E-state index in [0.717, 1.165) is 16.5 Å². The molecule has 0 aliphatic heterocycles. The Morgan fingerprint density at radius 2 is 2.00 bits per heavy atom. The number of fused-ring (bicyclic) bond motifs is 1. The molecule has 0 aliphatic rings. The fourth-order valence-electron chi connectivity index (χ4n) is 2.20. The van der Waals surface area contributed by atoms with Gasteiger partial charge in [-0.25, -0.2) is 4.98 Å². The normalized spacial score (nSPS) is 10.9. The van der Waals surface area contributed by atoms with Crippen molar-refractivity contribution in [2.24, 2.45) is 0 Å². The topological polar surface area (TPSA) is 47.8 Å². The number of hydrogen-bond acceptors (Lipinski definition) is 3. The van der Waals surface area contributed by atoms with Gasteiger partial charge in [0, 0.05) is 17.8 Å². The van der Waals surface area contributed by atoms with Gasteiger partial charge in [0.15, 0.2) is 0 Å². The van der Waals surface area contributed by atoms with Crippen LogP contribution < -0.4 is 5.56 Å². The summed E-state index contributed by atoms with van der Waals surface area (Å²) in [5, 5.41) is 1.08. The lowest BCUT2D eigenvalue weighted by Gasteiger charge is -2.11. The first-order chi connectivity index (χ1) is 9.66. The number of hydrogen-bond donors (Lipinski definition) is 0. The van der Waals surface area contributed by atoms with E-state index in [1.807, 2.05) is 59.8 Å². The van der Waals surface area contributed by atoms with E-state index < -0.39 is 0 Å². The van der Waals surface area contributed by atoms with Gasteiger partial charge in [0.05, 0.1) is 15.6 Å². The van der Waals surface area contributed by atoms with Crippen LogP contribution in [-0.4, -0.2) is 14.5 Å². The minimum Gasteiger partial charge on any atom is -0.291 e. The molecular formula is C15H12IN3O. The number of nitrogens with zero attached hydrogens (tertiary/aromatic N) is 3. The van der Waals surface area contributed by atoms with Crippen molar-refractivity contribution < 1.29 is 0 Å². The molecule has 0 saturated carbocycles. The summed E-state index contributed by atoms with van der Waals surface area (Å²) in [7, 11) is 0.